The van der Waals surface area contributed by atoms with Crippen LogP contribution >= 0.6 is 0 Å². The molecule has 1 unspecified atom stereocenters. The number of benzene rings is 2. The Kier molecular flexibility index (Phi) is 8.14. The topological polar surface area (TPSA) is 85.9 Å². The summed E-state index contributed by atoms with van der Waals surface area (Å²) in [5, 5.41) is 5.64. The van der Waals surface area contributed by atoms with E-state index in [1.807, 2.05) is 55.5 Å². The van der Waals surface area contributed by atoms with E-state index >= 15 is 0 Å². The van der Waals surface area contributed by atoms with Crippen LogP contribution in [0.3, 0.4) is 0 Å². The minimum absolute atomic E-state index is 0.222. The lowest BCUT2D eigenvalue weighted by molar-refractivity contribution is -0.138. The smallest absolute Gasteiger partial charge is 0.338 e. The molecule has 0 fully saturated rings. The summed E-state index contributed by atoms with van der Waals surface area (Å²) in [5.74, 6) is 0.706. The summed E-state index contributed by atoms with van der Waals surface area (Å²) in [7, 11) is 0. The van der Waals surface area contributed by atoms with Crippen LogP contribution in [-0.2, 0) is 9.53 Å². The van der Waals surface area contributed by atoms with E-state index in [2.05, 4.69) is 17.6 Å². The highest BCUT2D eigenvalue weighted by molar-refractivity contribution is 6.04. The molecule has 2 aromatic carbocycles. The SMILES string of the molecule is CCCCOc1ccc(C2NC(=O)NC(c3ccccc3)=C2C(=O)OCC)cc1OCC. The summed E-state index contributed by atoms with van der Waals surface area (Å²) in [5.41, 5.74) is 2.18. The van der Waals surface area contributed by atoms with Crippen molar-refractivity contribution >= 4 is 17.7 Å². The quantitative estimate of drug-likeness (QED) is 0.419. The highest BCUT2D eigenvalue weighted by Gasteiger charge is 2.34. The first kappa shape index (κ1) is 23.2. The number of hydrogen-bond donors (Lipinski definition) is 2. The van der Waals surface area contributed by atoms with Gasteiger partial charge in [-0.15, -0.1) is 0 Å². The summed E-state index contributed by atoms with van der Waals surface area (Å²) in [6.45, 7) is 7.02. The van der Waals surface area contributed by atoms with Crippen molar-refractivity contribution in [3.05, 3.63) is 65.2 Å². The molecule has 0 saturated carbocycles. The van der Waals surface area contributed by atoms with Crippen LogP contribution in [0.15, 0.2) is 54.1 Å². The fraction of sp³-hybridized carbons (Fsp3) is 0.360. The van der Waals surface area contributed by atoms with Gasteiger partial charge in [0.2, 0.25) is 0 Å². The Bertz CT molecular complexity index is 972. The van der Waals surface area contributed by atoms with Crippen molar-refractivity contribution in [3.63, 3.8) is 0 Å². The summed E-state index contributed by atoms with van der Waals surface area (Å²) < 4.78 is 17.0. The van der Waals surface area contributed by atoms with Crippen molar-refractivity contribution in [2.45, 2.75) is 39.7 Å². The van der Waals surface area contributed by atoms with E-state index in [0.717, 1.165) is 18.4 Å². The molecule has 0 bridgehead atoms. The third-order valence-corrected chi connectivity index (χ3v) is 4.99. The molecule has 2 N–H and O–H groups in total. The van der Waals surface area contributed by atoms with Crippen molar-refractivity contribution in [2.24, 2.45) is 0 Å². The van der Waals surface area contributed by atoms with Gasteiger partial charge in [0.15, 0.2) is 11.5 Å². The van der Waals surface area contributed by atoms with E-state index in [1.165, 1.54) is 0 Å². The number of hydrogen-bond acceptors (Lipinski definition) is 5. The van der Waals surface area contributed by atoms with Crippen LogP contribution in [0.1, 0.15) is 50.8 Å². The fourth-order valence-electron chi connectivity index (χ4n) is 3.49. The Labute approximate surface area is 188 Å². The Morgan fingerprint density at radius 2 is 1.75 bits per heavy atom. The summed E-state index contributed by atoms with van der Waals surface area (Å²) in [6, 6.07) is 13.6. The van der Waals surface area contributed by atoms with Crippen molar-refractivity contribution in [1.29, 1.82) is 0 Å². The van der Waals surface area contributed by atoms with E-state index in [0.29, 0.717) is 41.5 Å². The number of rotatable bonds is 10. The monoisotopic (exact) mass is 438 g/mol. The molecule has 1 aliphatic rings. The number of urea groups is 1. The van der Waals surface area contributed by atoms with Crippen molar-refractivity contribution in [3.8, 4) is 11.5 Å². The molecule has 1 heterocycles. The predicted octanol–water partition coefficient (Wildman–Crippen LogP) is 4.59. The molecule has 0 aliphatic carbocycles. The van der Waals surface area contributed by atoms with E-state index in [9.17, 15) is 9.59 Å². The van der Waals surface area contributed by atoms with Gasteiger partial charge in [-0.2, -0.15) is 0 Å². The number of carbonyl (C=O) groups excluding carboxylic acids is 2. The minimum Gasteiger partial charge on any atom is -0.490 e. The zero-order chi connectivity index (χ0) is 22.9. The Hall–Kier alpha value is -3.48. The maximum atomic E-state index is 13.0. The zero-order valence-corrected chi connectivity index (χ0v) is 18.8. The number of carbonyl (C=O) groups is 2. The van der Waals surface area contributed by atoms with Crippen molar-refractivity contribution < 1.29 is 23.8 Å². The largest absolute Gasteiger partial charge is 0.490 e. The Balaban J connectivity index is 2.08. The average Bonchev–Trinajstić information content (AvgIpc) is 2.80. The average molecular weight is 439 g/mol. The normalized spacial score (nSPS) is 15.6. The predicted molar refractivity (Wildman–Crippen MR) is 122 cm³/mol. The second-order valence-electron chi connectivity index (χ2n) is 7.25. The first-order valence-electron chi connectivity index (χ1n) is 11.0. The molecule has 32 heavy (non-hydrogen) atoms. The van der Waals surface area contributed by atoms with Gasteiger partial charge < -0.3 is 24.8 Å². The van der Waals surface area contributed by atoms with Crippen LogP contribution < -0.4 is 20.1 Å². The van der Waals surface area contributed by atoms with Crippen molar-refractivity contribution in [2.75, 3.05) is 19.8 Å². The molecule has 7 heteroatoms. The molecule has 7 nitrogen and oxygen atoms in total. The number of amides is 2. The first-order chi connectivity index (χ1) is 15.6. The van der Waals surface area contributed by atoms with Gasteiger partial charge in [0.05, 0.1) is 37.1 Å². The number of ether oxygens (including phenoxy) is 3. The molecule has 0 aromatic heterocycles. The zero-order valence-electron chi connectivity index (χ0n) is 18.8. The molecular weight excluding hydrogens is 408 g/mol. The van der Waals surface area contributed by atoms with Gasteiger partial charge in [-0.25, -0.2) is 9.59 Å². The van der Waals surface area contributed by atoms with E-state index in [4.69, 9.17) is 14.2 Å². The summed E-state index contributed by atoms with van der Waals surface area (Å²) in [6.07, 6.45) is 1.97. The van der Waals surface area contributed by atoms with Crippen LogP contribution in [0.5, 0.6) is 11.5 Å². The maximum absolute atomic E-state index is 13.0. The molecule has 0 radical (unpaired) electrons. The van der Waals surface area contributed by atoms with Crippen LogP contribution in [0, 0.1) is 0 Å². The molecule has 2 aromatic rings. The molecule has 1 aliphatic heterocycles. The fourth-order valence-corrected chi connectivity index (χ4v) is 3.49. The van der Waals surface area contributed by atoms with Crippen LogP contribution in [-0.4, -0.2) is 31.8 Å². The standard InChI is InChI=1S/C25H30N2O5/c1-4-7-15-32-19-14-13-18(16-20(19)30-5-2)23-21(24(28)31-6-3)22(26-25(29)27-23)17-11-9-8-10-12-17/h8-14,16,23H,4-7,15H2,1-3H3,(H2,26,27,29). The molecule has 0 spiro atoms. The van der Waals surface area contributed by atoms with Gasteiger partial charge in [-0.05, 0) is 43.5 Å². The van der Waals surface area contributed by atoms with E-state index in [1.54, 1.807) is 6.92 Å². The van der Waals surface area contributed by atoms with Crippen molar-refractivity contribution in [1.82, 2.24) is 10.6 Å². The van der Waals surface area contributed by atoms with Crippen LogP contribution in [0.2, 0.25) is 0 Å². The molecule has 1 atom stereocenters. The van der Waals surface area contributed by atoms with Crippen LogP contribution in [0.4, 0.5) is 4.79 Å². The van der Waals surface area contributed by atoms with Gasteiger partial charge in [0.25, 0.3) is 0 Å². The second kappa shape index (κ2) is 11.2. The van der Waals surface area contributed by atoms with E-state index in [-0.39, 0.29) is 6.61 Å². The third-order valence-electron chi connectivity index (χ3n) is 4.99. The lowest BCUT2D eigenvalue weighted by Crippen LogP contribution is -2.45. The van der Waals surface area contributed by atoms with Gasteiger partial charge >= 0.3 is 12.0 Å². The lowest BCUT2D eigenvalue weighted by Gasteiger charge is -2.30. The first-order valence-corrected chi connectivity index (χ1v) is 11.0. The third kappa shape index (κ3) is 5.41. The lowest BCUT2D eigenvalue weighted by atomic mass is 9.92. The number of nitrogens with one attached hydrogen (secondary N) is 2. The molecule has 2 amide bonds. The van der Waals surface area contributed by atoms with Gasteiger partial charge in [-0.1, -0.05) is 49.7 Å². The Morgan fingerprint density at radius 3 is 2.44 bits per heavy atom. The Morgan fingerprint density at radius 1 is 0.969 bits per heavy atom. The van der Waals surface area contributed by atoms with Gasteiger partial charge in [-0.3, -0.25) is 0 Å². The molecule has 170 valence electrons. The van der Waals surface area contributed by atoms with Gasteiger partial charge in [0, 0.05) is 0 Å². The van der Waals surface area contributed by atoms with Crippen LogP contribution in [0.25, 0.3) is 5.70 Å². The molecular formula is C25H30N2O5. The molecule has 3 rings (SSSR count). The second-order valence-corrected chi connectivity index (χ2v) is 7.25. The summed E-state index contributed by atoms with van der Waals surface area (Å²) >= 11 is 0. The number of esters is 1. The van der Waals surface area contributed by atoms with Gasteiger partial charge in [0.1, 0.15) is 0 Å². The minimum atomic E-state index is -0.707. The van der Waals surface area contributed by atoms with E-state index < -0.39 is 18.0 Å². The highest BCUT2D eigenvalue weighted by atomic mass is 16.5. The summed E-state index contributed by atoms with van der Waals surface area (Å²) in [4.78, 5) is 25.5. The highest BCUT2D eigenvalue weighted by Crippen LogP contribution is 2.36. The number of unbranched alkanes of at least 4 members (excludes halogenated alkanes) is 1. The maximum Gasteiger partial charge on any atom is 0.338 e. The molecule has 0 saturated heterocycles.